The number of rotatable bonds is 8. The summed E-state index contributed by atoms with van der Waals surface area (Å²) in [6, 6.07) is 3.82. The molecule has 1 atom stereocenters. The summed E-state index contributed by atoms with van der Waals surface area (Å²) in [5, 5.41) is 20.2. The van der Waals surface area contributed by atoms with Crippen LogP contribution in [0.25, 0.3) is 0 Å². The molecule has 0 saturated carbocycles. The molecule has 0 aliphatic rings. The molecule has 0 heterocycles. The molecular weight excluding hydrogens is 320 g/mol. The molecule has 1 aromatic rings. The van der Waals surface area contributed by atoms with Crippen LogP contribution in [0, 0.1) is 16.0 Å². The average Bonchev–Trinajstić information content (AvgIpc) is 2.59. The van der Waals surface area contributed by atoms with Gasteiger partial charge in [-0.05, 0) is 12.1 Å². The van der Waals surface area contributed by atoms with Crippen LogP contribution in [0.3, 0.4) is 0 Å². The van der Waals surface area contributed by atoms with E-state index in [0.717, 1.165) is 6.07 Å². The maximum absolute atomic E-state index is 12.6. The van der Waals surface area contributed by atoms with Gasteiger partial charge in [0.1, 0.15) is 0 Å². The minimum atomic E-state index is -0.650. The van der Waals surface area contributed by atoms with Gasteiger partial charge >= 0.3 is 11.7 Å². The van der Waals surface area contributed by atoms with Crippen molar-refractivity contribution in [2.75, 3.05) is 33.9 Å². The summed E-state index contributed by atoms with van der Waals surface area (Å²) in [6.45, 7) is 1.28. The molecule has 0 aromatic heterocycles. The Balaban J connectivity index is 3.08. The van der Waals surface area contributed by atoms with Gasteiger partial charge in [-0.1, -0.05) is 6.92 Å². The number of nitro groups is 1. The van der Waals surface area contributed by atoms with Gasteiger partial charge in [-0.2, -0.15) is 0 Å². The molecule has 0 aliphatic heterocycles. The number of aliphatic hydroxyl groups excluding tert-OH is 1. The highest BCUT2D eigenvalue weighted by molar-refractivity contribution is 5.95. The molecule has 0 fully saturated rings. The lowest BCUT2D eigenvalue weighted by molar-refractivity contribution is -0.385. The molecule has 1 N–H and O–H groups in total. The number of benzene rings is 1. The number of carbonyl (C=O) groups excluding carboxylic acids is 2. The van der Waals surface area contributed by atoms with E-state index in [1.54, 1.807) is 6.92 Å². The monoisotopic (exact) mass is 340 g/mol. The van der Waals surface area contributed by atoms with E-state index in [-0.39, 0.29) is 36.7 Å². The third kappa shape index (κ3) is 4.66. The zero-order chi connectivity index (χ0) is 18.3. The van der Waals surface area contributed by atoms with E-state index in [1.165, 1.54) is 31.3 Å². The Morgan fingerprint density at radius 1 is 1.38 bits per heavy atom. The fourth-order valence-corrected chi connectivity index (χ4v) is 2.15. The van der Waals surface area contributed by atoms with Crippen molar-refractivity contribution < 1.29 is 29.1 Å². The van der Waals surface area contributed by atoms with Gasteiger partial charge in [0.05, 0.1) is 31.7 Å². The average molecular weight is 340 g/mol. The lowest BCUT2D eigenvalue weighted by Gasteiger charge is -2.24. The molecule has 0 bridgehead atoms. The SMILES string of the molecule is COC(=O)C(C)CN(CCO)C(=O)c1ccc(OC)c([N+](=O)[O-])c1. The molecule has 24 heavy (non-hydrogen) atoms. The van der Waals surface area contributed by atoms with Crippen molar-refractivity contribution in [2.24, 2.45) is 5.92 Å². The fraction of sp³-hybridized carbons (Fsp3) is 0.467. The number of methoxy groups -OCH3 is 2. The van der Waals surface area contributed by atoms with Crippen molar-refractivity contribution in [1.82, 2.24) is 4.90 Å². The van der Waals surface area contributed by atoms with Crippen LogP contribution in [-0.4, -0.2) is 60.7 Å². The van der Waals surface area contributed by atoms with E-state index in [0.29, 0.717) is 0 Å². The van der Waals surface area contributed by atoms with Crippen LogP contribution >= 0.6 is 0 Å². The second-order valence-corrected chi connectivity index (χ2v) is 5.04. The molecule has 9 nitrogen and oxygen atoms in total. The maximum Gasteiger partial charge on any atom is 0.311 e. The number of aliphatic hydroxyl groups is 1. The minimum absolute atomic E-state index is 0.0139. The van der Waals surface area contributed by atoms with E-state index in [2.05, 4.69) is 4.74 Å². The number of hydrogen-bond acceptors (Lipinski definition) is 7. The molecule has 1 aromatic carbocycles. The van der Waals surface area contributed by atoms with Gasteiger partial charge in [0, 0.05) is 24.7 Å². The third-order valence-electron chi connectivity index (χ3n) is 3.38. The highest BCUT2D eigenvalue weighted by Gasteiger charge is 2.24. The standard InChI is InChI=1S/C15H20N2O7/c1-10(15(20)24-3)9-16(6-7-18)14(19)11-4-5-13(23-2)12(8-11)17(21)22/h4-5,8,10,18H,6-7,9H2,1-3H3. The molecule has 0 spiro atoms. The van der Waals surface area contributed by atoms with Crippen LogP contribution in [0.4, 0.5) is 5.69 Å². The normalized spacial score (nSPS) is 11.5. The summed E-state index contributed by atoms with van der Waals surface area (Å²) in [6.07, 6.45) is 0. The van der Waals surface area contributed by atoms with Gasteiger partial charge < -0.3 is 19.5 Å². The van der Waals surface area contributed by atoms with E-state index in [9.17, 15) is 19.7 Å². The third-order valence-corrected chi connectivity index (χ3v) is 3.38. The van der Waals surface area contributed by atoms with Crippen molar-refractivity contribution in [2.45, 2.75) is 6.92 Å². The van der Waals surface area contributed by atoms with Crippen molar-refractivity contribution >= 4 is 17.6 Å². The largest absolute Gasteiger partial charge is 0.490 e. The molecule has 1 amide bonds. The van der Waals surface area contributed by atoms with Crippen LogP contribution in [0.1, 0.15) is 17.3 Å². The number of hydrogen-bond donors (Lipinski definition) is 1. The second kappa shape index (κ2) is 8.82. The summed E-state index contributed by atoms with van der Waals surface area (Å²) < 4.78 is 9.50. The number of ether oxygens (including phenoxy) is 2. The Bertz CT molecular complexity index is 618. The predicted octanol–water partition coefficient (Wildman–Crippen LogP) is 0.847. The van der Waals surface area contributed by atoms with Gasteiger partial charge in [0.15, 0.2) is 5.75 Å². The molecule has 0 saturated heterocycles. The number of nitro benzene ring substituents is 1. The minimum Gasteiger partial charge on any atom is -0.490 e. The fourth-order valence-electron chi connectivity index (χ4n) is 2.15. The van der Waals surface area contributed by atoms with Gasteiger partial charge in [0.2, 0.25) is 0 Å². The number of carbonyl (C=O) groups is 2. The van der Waals surface area contributed by atoms with Crippen LogP contribution in [0.5, 0.6) is 5.75 Å². The molecule has 9 heteroatoms. The van der Waals surface area contributed by atoms with Crippen molar-refractivity contribution in [3.63, 3.8) is 0 Å². The van der Waals surface area contributed by atoms with E-state index in [1.807, 2.05) is 0 Å². The summed E-state index contributed by atoms with van der Waals surface area (Å²) in [5.41, 5.74) is -0.277. The van der Waals surface area contributed by atoms with E-state index in [4.69, 9.17) is 9.84 Å². The van der Waals surface area contributed by atoms with Crippen molar-refractivity contribution in [3.05, 3.63) is 33.9 Å². The maximum atomic E-state index is 12.6. The highest BCUT2D eigenvalue weighted by atomic mass is 16.6. The molecule has 0 aliphatic carbocycles. The first-order chi connectivity index (χ1) is 11.3. The topological polar surface area (TPSA) is 119 Å². The lowest BCUT2D eigenvalue weighted by Crippen LogP contribution is -2.39. The smallest absolute Gasteiger partial charge is 0.311 e. The summed E-state index contributed by atoms with van der Waals surface area (Å²) in [4.78, 5) is 35.7. The Kier molecular flexibility index (Phi) is 7.12. The highest BCUT2D eigenvalue weighted by Crippen LogP contribution is 2.28. The molecule has 132 valence electrons. The summed E-state index contributed by atoms with van der Waals surface area (Å²) >= 11 is 0. The van der Waals surface area contributed by atoms with E-state index < -0.39 is 22.7 Å². The van der Waals surface area contributed by atoms with Crippen LogP contribution < -0.4 is 4.74 Å². The zero-order valence-corrected chi connectivity index (χ0v) is 13.7. The van der Waals surface area contributed by atoms with Crippen LogP contribution in [-0.2, 0) is 9.53 Å². The Morgan fingerprint density at radius 2 is 2.04 bits per heavy atom. The van der Waals surface area contributed by atoms with Crippen LogP contribution in [0.15, 0.2) is 18.2 Å². The van der Waals surface area contributed by atoms with Crippen molar-refractivity contribution in [1.29, 1.82) is 0 Å². The quantitative estimate of drug-likeness (QED) is 0.423. The first-order valence-electron chi connectivity index (χ1n) is 7.16. The van der Waals surface area contributed by atoms with Gasteiger partial charge in [-0.15, -0.1) is 0 Å². The van der Waals surface area contributed by atoms with Crippen LogP contribution in [0.2, 0.25) is 0 Å². The Morgan fingerprint density at radius 3 is 2.54 bits per heavy atom. The first kappa shape index (κ1) is 19.4. The predicted molar refractivity (Wildman–Crippen MR) is 83.8 cm³/mol. The number of nitrogens with zero attached hydrogens (tertiary/aromatic N) is 2. The van der Waals surface area contributed by atoms with E-state index >= 15 is 0 Å². The Labute approximate surface area is 138 Å². The summed E-state index contributed by atoms with van der Waals surface area (Å²) in [7, 11) is 2.53. The summed E-state index contributed by atoms with van der Waals surface area (Å²) in [5.74, 6) is -1.59. The molecular formula is C15H20N2O7. The second-order valence-electron chi connectivity index (χ2n) is 5.04. The molecule has 1 rings (SSSR count). The molecule has 0 radical (unpaired) electrons. The number of amides is 1. The van der Waals surface area contributed by atoms with Gasteiger partial charge in [0.25, 0.3) is 5.91 Å². The molecule has 1 unspecified atom stereocenters. The Hall–Kier alpha value is -2.68. The number of esters is 1. The van der Waals surface area contributed by atoms with Crippen molar-refractivity contribution in [3.8, 4) is 5.75 Å². The van der Waals surface area contributed by atoms with Gasteiger partial charge in [-0.25, -0.2) is 0 Å². The van der Waals surface area contributed by atoms with Gasteiger partial charge in [-0.3, -0.25) is 19.7 Å². The lowest BCUT2D eigenvalue weighted by atomic mass is 10.1. The zero-order valence-electron chi connectivity index (χ0n) is 13.7. The first-order valence-corrected chi connectivity index (χ1v) is 7.16.